The number of nitrogens with one attached hydrogen (secondary N) is 3. The summed E-state index contributed by atoms with van der Waals surface area (Å²) in [5, 5.41) is 8.20. The summed E-state index contributed by atoms with van der Waals surface area (Å²) >= 11 is 0. The maximum Gasteiger partial charge on any atom is 0.321 e. The Hall–Kier alpha value is -7.25. The van der Waals surface area contributed by atoms with Crippen LogP contribution in [0, 0.1) is 5.92 Å². The second-order valence-corrected chi connectivity index (χ2v) is 16.2. The van der Waals surface area contributed by atoms with E-state index in [1.807, 2.05) is 47.4 Å². The average Bonchev–Trinajstić information content (AvgIpc) is 3.60. The molecule has 0 spiro atoms. The summed E-state index contributed by atoms with van der Waals surface area (Å²) in [7, 11) is 0. The lowest BCUT2D eigenvalue weighted by atomic mass is 9.94. The normalized spacial score (nSPS) is 17.7. The van der Waals surface area contributed by atoms with E-state index in [1.54, 1.807) is 29.2 Å². The van der Waals surface area contributed by atoms with E-state index in [0.717, 1.165) is 36.5 Å². The van der Waals surface area contributed by atoms with Crippen molar-refractivity contribution in [3.63, 3.8) is 0 Å². The Balaban J connectivity index is 0.670. The average molecular weight is 902 g/mol. The number of hydrogen-bond acceptors (Lipinski definition) is 14. The first-order chi connectivity index (χ1) is 32.1. The van der Waals surface area contributed by atoms with Crippen molar-refractivity contribution in [2.75, 3.05) is 87.8 Å². The van der Waals surface area contributed by atoms with Crippen LogP contribution in [0.5, 0.6) is 11.8 Å². The minimum atomic E-state index is -1.04. The number of benzene rings is 3. The number of piperazine rings is 1. The Morgan fingerprint density at radius 3 is 2.14 bits per heavy atom. The Bertz CT molecular complexity index is 2420. The highest BCUT2D eigenvalue weighted by molar-refractivity contribution is 6.25. The summed E-state index contributed by atoms with van der Waals surface area (Å²) in [6.07, 6.45) is 4.64. The van der Waals surface area contributed by atoms with Gasteiger partial charge in [0.25, 0.3) is 17.7 Å². The number of aromatic nitrogens is 2. The fourth-order valence-electron chi connectivity index (χ4n) is 8.42. The molecule has 3 N–H and O–H groups in total. The van der Waals surface area contributed by atoms with Gasteiger partial charge in [0.05, 0.1) is 49.5 Å². The SMILES string of the molecule is O=C1CCC(N2C(=O)c3cccc(NCCOCCOCCC(=O)N4CCN(C(=O)C5CCN(c6ccc(NC(=O)c7cnc(Oc8ccccc8)nc7)cc6)CC5)CC4)c3C2=O)C(=O)N1. The monoisotopic (exact) mass is 901 g/mol. The molecule has 4 aromatic rings. The number of rotatable bonds is 17. The molecule has 5 heterocycles. The summed E-state index contributed by atoms with van der Waals surface area (Å²) in [5.74, 6) is -1.96. The van der Waals surface area contributed by atoms with Gasteiger partial charge < -0.3 is 39.5 Å². The van der Waals surface area contributed by atoms with Crippen LogP contribution in [0.25, 0.3) is 0 Å². The molecule has 344 valence electrons. The number of fused-ring (bicyclic) bond motifs is 1. The van der Waals surface area contributed by atoms with Gasteiger partial charge in [0.1, 0.15) is 11.8 Å². The molecule has 1 aromatic heterocycles. The summed E-state index contributed by atoms with van der Waals surface area (Å²) < 4.78 is 16.9. The number of para-hydroxylation sites is 1. The fourth-order valence-corrected chi connectivity index (χ4v) is 8.42. The quantitative estimate of drug-likeness (QED) is 0.102. The molecule has 3 saturated heterocycles. The number of ether oxygens (including phenoxy) is 3. The molecule has 19 nitrogen and oxygen atoms in total. The Morgan fingerprint density at radius 1 is 0.727 bits per heavy atom. The number of nitrogens with zero attached hydrogens (tertiary/aromatic N) is 6. The first-order valence-electron chi connectivity index (χ1n) is 22.1. The highest BCUT2D eigenvalue weighted by atomic mass is 16.5. The van der Waals surface area contributed by atoms with Crippen molar-refractivity contribution in [3.05, 3.63) is 102 Å². The van der Waals surface area contributed by atoms with E-state index < -0.39 is 29.7 Å². The summed E-state index contributed by atoms with van der Waals surface area (Å²) in [6, 6.07) is 20.7. The second kappa shape index (κ2) is 21.2. The molecule has 66 heavy (non-hydrogen) atoms. The molecule has 1 unspecified atom stereocenters. The number of piperidine rings is 2. The zero-order valence-electron chi connectivity index (χ0n) is 36.3. The van der Waals surface area contributed by atoms with E-state index >= 15 is 0 Å². The number of imide groups is 2. The topological polar surface area (TPSA) is 222 Å². The number of amides is 7. The van der Waals surface area contributed by atoms with Crippen molar-refractivity contribution in [2.45, 2.75) is 38.1 Å². The first-order valence-corrected chi connectivity index (χ1v) is 22.1. The molecule has 0 radical (unpaired) electrons. The molecule has 3 fully saturated rings. The summed E-state index contributed by atoms with van der Waals surface area (Å²) in [4.78, 5) is 105. The highest BCUT2D eigenvalue weighted by Gasteiger charge is 2.45. The van der Waals surface area contributed by atoms with Gasteiger partial charge in [-0.3, -0.25) is 43.8 Å². The van der Waals surface area contributed by atoms with Crippen LogP contribution >= 0.6 is 0 Å². The smallest absolute Gasteiger partial charge is 0.321 e. The molecule has 0 aliphatic carbocycles. The molecule has 3 aromatic carbocycles. The number of anilines is 3. The van der Waals surface area contributed by atoms with E-state index in [1.165, 1.54) is 18.5 Å². The lowest BCUT2D eigenvalue weighted by molar-refractivity contribution is -0.143. The van der Waals surface area contributed by atoms with E-state index in [-0.39, 0.29) is 86.5 Å². The zero-order valence-corrected chi connectivity index (χ0v) is 36.3. The zero-order chi connectivity index (χ0) is 46.0. The lowest BCUT2D eigenvalue weighted by Crippen LogP contribution is -2.54. The van der Waals surface area contributed by atoms with Gasteiger partial charge in [-0.15, -0.1) is 0 Å². The Kier molecular flexibility index (Phi) is 14.5. The van der Waals surface area contributed by atoms with E-state index in [0.29, 0.717) is 55.4 Å². The molecular weight excluding hydrogens is 851 g/mol. The van der Waals surface area contributed by atoms with Gasteiger partial charge >= 0.3 is 6.01 Å². The number of carbonyl (C=O) groups is 7. The van der Waals surface area contributed by atoms with Gasteiger partial charge in [0, 0.05) is 87.6 Å². The van der Waals surface area contributed by atoms with Crippen molar-refractivity contribution >= 4 is 58.4 Å². The van der Waals surface area contributed by atoms with Crippen LogP contribution in [0.2, 0.25) is 0 Å². The van der Waals surface area contributed by atoms with Gasteiger partial charge in [-0.1, -0.05) is 24.3 Å². The minimum Gasteiger partial charge on any atom is -0.424 e. The largest absolute Gasteiger partial charge is 0.424 e. The van der Waals surface area contributed by atoms with Crippen LogP contribution in [-0.4, -0.2) is 144 Å². The van der Waals surface area contributed by atoms with Gasteiger partial charge in [-0.2, -0.15) is 0 Å². The van der Waals surface area contributed by atoms with Crippen LogP contribution < -0.4 is 25.6 Å². The molecular formula is C47H51N9O10. The molecule has 19 heteroatoms. The van der Waals surface area contributed by atoms with Gasteiger partial charge in [0.2, 0.25) is 23.6 Å². The molecule has 0 bridgehead atoms. The fraction of sp³-hybridized carbons (Fsp3) is 0.383. The maximum absolute atomic E-state index is 13.5. The van der Waals surface area contributed by atoms with Gasteiger partial charge in [-0.25, -0.2) is 9.97 Å². The van der Waals surface area contributed by atoms with Gasteiger partial charge in [0.15, 0.2) is 0 Å². The standard InChI is InChI=1S/C47H51N9O10/c57-39-14-13-38(43(60)52-39)56-45(62)36-7-4-8-37(41(36)46(56)63)48-18-26-65-28-27-64-25-17-40(58)54-21-23-55(24-22-54)44(61)31-15-19-53(20-16-31)34-11-9-33(10-12-34)51-42(59)32-29-49-47(50-30-32)66-35-5-2-1-3-6-35/h1-12,29-31,38,48H,13-28H2,(H,51,59)(H,52,57,60). The number of carbonyl (C=O) groups excluding carboxylic acids is 7. The van der Waals surface area contributed by atoms with E-state index in [4.69, 9.17) is 14.2 Å². The molecule has 1 atom stereocenters. The van der Waals surface area contributed by atoms with E-state index in [9.17, 15) is 33.6 Å². The first kappa shape index (κ1) is 45.3. The predicted molar refractivity (Wildman–Crippen MR) is 239 cm³/mol. The molecule has 4 aliphatic heterocycles. The van der Waals surface area contributed by atoms with Crippen LogP contribution in [-0.2, 0) is 28.7 Å². The third kappa shape index (κ3) is 10.8. The Labute approximate surface area is 380 Å². The van der Waals surface area contributed by atoms with Crippen molar-refractivity contribution in [1.29, 1.82) is 0 Å². The second-order valence-electron chi connectivity index (χ2n) is 16.2. The third-order valence-corrected chi connectivity index (χ3v) is 12.0. The third-order valence-electron chi connectivity index (χ3n) is 12.0. The predicted octanol–water partition coefficient (Wildman–Crippen LogP) is 3.35. The van der Waals surface area contributed by atoms with Crippen LogP contribution in [0.15, 0.2) is 85.2 Å². The van der Waals surface area contributed by atoms with Crippen LogP contribution in [0.1, 0.15) is 63.2 Å². The molecule has 0 saturated carbocycles. The maximum atomic E-state index is 13.5. The lowest BCUT2D eigenvalue weighted by Gasteiger charge is -2.39. The minimum absolute atomic E-state index is 0.0250. The van der Waals surface area contributed by atoms with Crippen molar-refractivity contribution in [1.82, 2.24) is 30.0 Å². The van der Waals surface area contributed by atoms with Crippen LogP contribution in [0.4, 0.5) is 17.1 Å². The van der Waals surface area contributed by atoms with E-state index in [2.05, 4.69) is 30.8 Å². The molecule has 4 aliphatic rings. The number of hydrogen-bond donors (Lipinski definition) is 3. The van der Waals surface area contributed by atoms with Crippen molar-refractivity contribution < 1.29 is 47.8 Å². The van der Waals surface area contributed by atoms with Crippen molar-refractivity contribution in [2.24, 2.45) is 5.92 Å². The highest BCUT2D eigenvalue weighted by Crippen LogP contribution is 2.32. The van der Waals surface area contributed by atoms with Crippen LogP contribution in [0.3, 0.4) is 0 Å². The van der Waals surface area contributed by atoms with Gasteiger partial charge in [-0.05, 0) is 67.8 Å². The summed E-state index contributed by atoms with van der Waals surface area (Å²) in [6.45, 7) is 4.82. The van der Waals surface area contributed by atoms with Crippen molar-refractivity contribution in [3.8, 4) is 11.8 Å². The Morgan fingerprint density at radius 2 is 1.42 bits per heavy atom. The molecule has 8 rings (SSSR count). The summed E-state index contributed by atoms with van der Waals surface area (Å²) in [5.41, 5.74) is 2.77. The molecule has 7 amide bonds.